The number of rotatable bonds is 5. The molecule has 1 atom stereocenters. The molecule has 1 N–H and O–H groups in total. The number of aryl methyl sites for hydroxylation is 1. The van der Waals surface area contributed by atoms with Gasteiger partial charge in [-0.1, -0.05) is 31.3 Å². The van der Waals surface area contributed by atoms with Crippen molar-refractivity contribution >= 4 is 5.91 Å². The Morgan fingerprint density at radius 1 is 1.43 bits per heavy atom. The second kappa shape index (κ2) is 8.49. The Morgan fingerprint density at radius 2 is 2.14 bits per heavy atom. The van der Waals surface area contributed by atoms with Gasteiger partial charge in [0, 0.05) is 25.1 Å². The first-order valence-corrected chi connectivity index (χ1v) is 7.48. The summed E-state index contributed by atoms with van der Waals surface area (Å²) in [4.78, 5) is 14.4. The molecule has 1 aromatic carbocycles. The lowest BCUT2D eigenvalue weighted by Crippen LogP contribution is -2.35. The van der Waals surface area contributed by atoms with E-state index in [0.29, 0.717) is 12.0 Å². The normalized spacial score (nSPS) is 11.5. The van der Waals surface area contributed by atoms with Crippen LogP contribution >= 0.6 is 0 Å². The van der Waals surface area contributed by atoms with Gasteiger partial charge in [0.25, 0.3) is 5.91 Å². The number of amides is 1. The van der Waals surface area contributed by atoms with Crippen molar-refractivity contribution in [1.82, 2.24) is 4.90 Å². The molecule has 0 aliphatic rings. The molecule has 0 radical (unpaired) electrons. The minimum Gasteiger partial charge on any atom is -0.395 e. The van der Waals surface area contributed by atoms with E-state index in [1.807, 2.05) is 32.2 Å². The van der Waals surface area contributed by atoms with Gasteiger partial charge in [0.1, 0.15) is 0 Å². The van der Waals surface area contributed by atoms with E-state index >= 15 is 0 Å². The summed E-state index contributed by atoms with van der Waals surface area (Å²) in [6.45, 7) is 6.20. The summed E-state index contributed by atoms with van der Waals surface area (Å²) < 4.78 is 0. The second-order valence-corrected chi connectivity index (χ2v) is 5.38. The Labute approximate surface area is 128 Å². The lowest BCUT2D eigenvalue weighted by atomic mass is 10.0. The molecule has 0 aliphatic carbocycles. The van der Waals surface area contributed by atoms with Gasteiger partial charge in [-0.25, -0.2) is 0 Å². The third-order valence-corrected chi connectivity index (χ3v) is 3.55. The van der Waals surface area contributed by atoms with Crippen molar-refractivity contribution in [2.24, 2.45) is 0 Å². The van der Waals surface area contributed by atoms with E-state index < -0.39 is 0 Å². The summed E-state index contributed by atoms with van der Waals surface area (Å²) in [5.74, 6) is 5.90. The van der Waals surface area contributed by atoms with Crippen molar-refractivity contribution in [2.75, 3.05) is 13.7 Å². The number of carbonyl (C=O) groups is 1. The molecule has 0 aromatic heterocycles. The van der Waals surface area contributed by atoms with Gasteiger partial charge in [-0.3, -0.25) is 4.79 Å². The van der Waals surface area contributed by atoms with Crippen molar-refractivity contribution in [3.8, 4) is 11.8 Å². The zero-order chi connectivity index (χ0) is 15.8. The van der Waals surface area contributed by atoms with Crippen LogP contribution in [0.3, 0.4) is 0 Å². The Kier molecular flexibility index (Phi) is 6.98. The predicted octanol–water partition coefficient (Wildman–Crippen LogP) is 2.99. The van der Waals surface area contributed by atoms with Crippen LogP contribution in [0.25, 0.3) is 0 Å². The maximum Gasteiger partial charge on any atom is 0.255 e. The Hall–Kier alpha value is -1.79. The minimum absolute atomic E-state index is 0.00393. The van der Waals surface area contributed by atoms with Crippen molar-refractivity contribution in [3.63, 3.8) is 0 Å². The van der Waals surface area contributed by atoms with Gasteiger partial charge in [0.2, 0.25) is 0 Å². The van der Waals surface area contributed by atoms with E-state index in [1.54, 1.807) is 4.90 Å². The third-order valence-electron chi connectivity index (χ3n) is 3.55. The summed E-state index contributed by atoms with van der Waals surface area (Å²) in [7, 11) is 1.84. The Morgan fingerprint density at radius 3 is 2.76 bits per heavy atom. The van der Waals surface area contributed by atoms with Gasteiger partial charge in [-0.15, -0.1) is 0 Å². The quantitative estimate of drug-likeness (QED) is 0.846. The monoisotopic (exact) mass is 287 g/mol. The first kappa shape index (κ1) is 17.3. The molecular formula is C18H25NO2. The van der Waals surface area contributed by atoms with Gasteiger partial charge in [-0.2, -0.15) is 0 Å². The van der Waals surface area contributed by atoms with Crippen molar-refractivity contribution < 1.29 is 9.90 Å². The fourth-order valence-corrected chi connectivity index (χ4v) is 2.16. The number of aliphatic hydroxyl groups excluding tert-OH is 1. The molecule has 1 rings (SSSR count). The Bertz CT molecular complexity index is 540. The van der Waals surface area contributed by atoms with E-state index in [4.69, 9.17) is 5.11 Å². The number of aliphatic hydroxyl groups is 1. The van der Waals surface area contributed by atoms with Crippen LogP contribution in [0.15, 0.2) is 18.2 Å². The first-order valence-electron chi connectivity index (χ1n) is 7.48. The highest BCUT2D eigenvalue weighted by Gasteiger charge is 2.19. The maximum atomic E-state index is 12.6. The largest absolute Gasteiger partial charge is 0.395 e. The SMILES string of the molecule is CCCC(C)N(C)C(=O)c1ccc(C)cc1C#CCCO. The summed E-state index contributed by atoms with van der Waals surface area (Å²) in [6.07, 6.45) is 2.46. The first-order chi connectivity index (χ1) is 10.0. The molecule has 0 heterocycles. The zero-order valence-corrected chi connectivity index (χ0v) is 13.4. The zero-order valence-electron chi connectivity index (χ0n) is 13.4. The van der Waals surface area contributed by atoms with Crippen LogP contribution in [0.4, 0.5) is 0 Å². The number of hydrogen-bond donors (Lipinski definition) is 1. The van der Waals surface area contributed by atoms with Crippen LogP contribution in [-0.4, -0.2) is 35.6 Å². The highest BCUT2D eigenvalue weighted by atomic mass is 16.2. The van der Waals surface area contributed by atoms with Crippen LogP contribution in [-0.2, 0) is 0 Å². The van der Waals surface area contributed by atoms with Crippen LogP contribution in [0.5, 0.6) is 0 Å². The number of hydrogen-bond acceptors (Lipinski definition) is 2. The lowest BCUT2D eigenvalue weighted by molar-refractivity contribution is 0.0736. The molecule has 1 amide bonds. The van der Waals surface area contributed by atoms with Crippen molar-refractivity contribution in [3.05, 3.63) is 34.9 Å². The maximum absolute atomic E-state index is 12.6. The average Bonchev–Trinajstić information content (AvgIpc) is 2.46. The molecule has 1 unspecified atom stereocenters. The highest BCUT2D eigenvalue weighted by molar-refractivity contribution is 5.96. The molecule has 3 heteroatoms. The average molecular weight is 287 g/mol. The predicted molar refractivity (Wildman–Crippen MR) is 86.2 cm³/mol. The number of nitrogens with zero attached hydrogens (tertiary/aromatic N) is 1. The van der Waals surface area contributed by atoms with Gasteiger partial charge in [0.05, 0.1) is 12.2 Å². The van der Waals surface area contributed by atoms with Crippen LogP contribution in [0.1, 0.15) is 54.6 Å². The molecule has 0 bridgehead atoms. The second-order valence-electron chi connectivity index (χ2n) is 5.38. The summed E-state index contributed by atoms with van der Waals surface area (Å²) in [5, 5.41) is 8.82. The van der Waals surface area contributed by atoms with Gasteiger partial charge < -0.3 is 10.0 Å². The van der Waals surface area contributed by atoms with Gasteiger partial charge in [-0.05, 0) is 38.0 Å². The molecule has 0 aliphatic heterocycles. The smallest absolute Gasteiger partial charge is 0.255 e. The van der Waals surface area contributed by atoms with Crippen LogP contribution in [0.2, 0.25) is 0 Å². The molecule has 1 aromatic rings. The molecule has 0 fully saturated rings. The molecule has 0 saturated heterocycles. The standard InChI is InChI=1S/C18H25NO2/c1-5-8-15(3)19(4)18(21)17-11-10-14(2)13-16(17)9-6-7-12-20/h10-11,13,15,20H,5,7-8,12H2,1-4H3. The molecule has 0 saturated carbocycles. The Balaban J connectivity index is 3.06. The van der Waals surface area contributed by atoms with E-state index in [-0.39, 0.29) is 18.6 Å². The highest BCUT2D eigenvalue weighted by Crippen LogP contribution is 2.15. The van der Waals surface area contributed by atoms with E-state index in [9.17, 15) is 4.79 Å². The fourth-order valence-electron chi connectivity index (χ4n) is 2.16. The van der Waals surface area contributed by atoms with Gasteiger partial charge >= 0.3 is 0 Å². The third kappa shape index (κ3) is 4.91. The summed E-state index contributed by atoms with van der Waals surface area (Å²) in [6, 6.07) is 5.91. The summed E-state index contributed by atoms with van der Waals surface area (Å²) in [5.41, 5.74) is 2.45. The van der Waals surface area contributed by atoms with E-state index in [1.165, 1.54) is 0 Å². The van der Waals surface area contributed by atoms with E-state index in [2.05, 4.69) is 25.7 Å². The lowest BCUT2D eigenvalue weighted by Gasteiger charge is -2.25. The van der Waals surface area contributed by atoms with Crippen LogP contribution < -0.4 is 0 Å². The van der Waals surface area contributed by atoms with Crippen LogP contribution in [0, 0.1) is 18.8 Å². The van der Waals surface area contributed by atoms with E-state index in [0.717, 1.165) is 24.0 Å². The molecule has 0 spiro atoms. The number of benzene rings is 1. The molecule has 21 heavy (non-hydrogen) atoms. The minimum atomic E-state index is 0.00393. The van der Waals surface area contributed by atoms with Gasteiger partial charge in [0.15, 0.2) is 0 Å². The molecular weight excluding hydrogens is 262 g/mol. The van der Waals surface area contributed by atoms with Crippen molar-refractivity contribution in [2.45, 2.75) is 46.1 Å². The topological polar surface area (TPSA) is 40.5 Å². The number of carbonyl (C=O) groups excluding carboxylic acids is 1. The molecule has 3 nitrogen and oxygen atoms in total. The van der Waals surface area contributed by atoms with Crippen molar-refractivity contribution in [1.29, 1.82) is 0 Å². The fraction of sp³-hybridized carbons (Fsp3) is 0.500. The summed E-state index contributed by atoms with van der Waals surface area (Å²) >= 11 is 0. The molecule has 114 valence electrons.